The number of nitrogens with zero attached hydrogens (tertiary/aromatic N) is 3. The van der Waals surface area contributed by atoms with Crippen LogP contribution in [0.2, 0.25) is 0 Å². The van der Waals surface area contributed by atoms with E-state index in [1.54, 1.807) is 0 Å². The van der Waals surface area contributed by atoms with Gasteiger partial charge in [0.15, 0.2) is 5.96 Å². The van der Waals surface area contributed by atoms with Crippen molar-refractivity contribution < 1.29 is 9.47 Å². The number of guanidine groups is 1. The predicted octanol–water partition coefficient (Wildman–Crippen LogP) is 4.24. The molecule has 0 unspecified atom stereocenters. The molecule has 1 aliphatic carbocycles. The molecule has 3 rings (SSSR count). The van der Waals surface area contributed by atoms with Crippen LogP contribution in [0.15, 0.2) is 23.3 Å². The number of hydrogen-bond donors (Lipinski definition) is 1. The molecule has 1 N–H and O–H groups in total. The molecule has 2 heterocycles. The summed E-state index contributed by atoms with van der Waals surface area (Å²) in [4.78, 5) is 11.5. The van der Waals surface area contributed by atoms with Crippen LogP contribution in [-0.4, -0.2) is 55.3 Å². The highest BCUT2D eigenvalue weighted by molar-refractivity contribution is 14.0. The Bertz CT molecular complexity index is 617. The molecule has 1 aromatic heterocycles. The largest absolute Gasteiger partial charge is 0.474 e. The molecular formula is C22H37IN4O2. The molecule has 0 spiro atoms. The maximum atomic E-state index is 6.03. The van der Waals surface area contributed by atoms with Gasteiger partial charge in [-0.1, -0.05) is 0 Å². The number of halogens is 1. The third kappa shape index (κ3) is 8.28. The number of hydrogen-bond acceptors (Lipinski definition) is 4. The van der Waals surface area contributed by atoms with Gasteiger partial charge in [-0.2, -0.15) is 0 Å². The molecule has 1 saturated carbocycles. The first kappa shape index (κ1) is 24.2. The second kappa shape index (κ2) is 13.3. The summed E-state index contributed by atoms with van der Waals surface area (Å²) < 4.78 is 11.5. The molecule has 2 aliphatic rings. The van der Waals surface area contributed by atoms with Gasteiger partial charge in [0.2, 0.25) is 5.88 Å². The van der Waals surface area contributed by atoms with Crippen LogP contribution in [0.3, 0.4) is 0 Å². The molecule has 6 nitrogen and oxygen atoms in total. The lowest BCUT2D eigenvalue weighted by Crippen LogP contribution is -2.40. The van der Waals surface area contributed by atoms with Crippen molar-refractivity contribution in [2.75, 3.05) is 33.4 Å². The molecule has 0 bridgehead atoms. The number of ether oxygens (including phenoxy) is 2. The molecule has 1 aromatic rings. The summed E-state index contributed by atoms with van der Waals surface area (Å²) in [5.41, 5.74) is 1.14. The van der Waals surface area contributed by atoms with Crippen molar-refractivity contribution in [2.45, 2.75) is 64.5 Å². The van der Waals surface area contributed by atoms with E-state index in [0.717, 1.165) is 62.5 Å². The zero-order valence-corrected chi connectivity index (χ0v) is 20.3. The first-order valence-corrected chi connectivity index (χ1v) is 10.9. The van der Waals surface area contributed by atoms with Crippen LogP contribution in [0.1, 0.15) is 57.4 Å². The zero-order chi connectivity index (χ0) is 19.6. The Morgan fingerprint density at radius 3 is 2.76 bits per heavy atom. The van der Waals surface area contributed by atoms with Gasteiger partial charge < -0.3 is 19.7 Å². The summed E-state index contributed by atoms with van der Waals surface area (Å²) in [5, 5.41) is 3.42. The van der Waals surface area contributed by atoms with Gasteiger partial charge in [0.25, 0.3) is 0 Å². The first-order valence-electron chi connectivity index (χ1n) is 10.9. The van der Waals surface area contributed by atoms with E-state index >= 15 is 0 Å². The Morgan fingerprint density at radius 1 is 1.28 bits per heavy atom. The minimum atomic E-state index is 0. The Labute approximate surface area is 192 Å². The Balaban J connectivity index is 0.00000300. The van der Waals surface area contributed by atoms with Gasteiger partial charge in [-0.25, -0.2) is 9.98 Å². The molecule has 164 valence electrons. The molecular weight excluding hydrogens is 479 g/mol. The van der Waals surface area contributed by atoms with Crippen molar-refractivity contribution in [1.29, 1.82) is 0 Å². The monoisotopic (exact) mass is 516 g/mol. The second-order valence-electron chi connectivity index (χ2n) is 7.96. The van der Waals surface area contributed by atoms with Crippen LogP contribution < -0.4 is 10.1 Å². The topological polar surface area (TPSA) is 59.0 Å². The first-order chi connectivity index (χ1) is 13.7. The van der Waals surface area contributed by atoms with Crippen LogP contribution in [0.5, 0.6) is 5.88 Å². The van der Waals surface area contributed by atoms with Gasteiger partial charge in [0.05, 0.1) is 6.54 Å². The lowest BCUT2D eigenvalue weighted by Gasteiger charge is -2.26. The predicted molar refractivity (Wildman–Crippen MR) is 128 cm³/mol. The third-order valence-corrected chi connectivity index (χ3v) is 5.71. The van der Waals surface area contributed by atoms with Crippen LogP contribution in [0.25, 0.3) is 0 Å². The summed E-state index contributed by atoms with van der Waals surface area (Å²) in [6, 6.07) is 4.06. The van der Waals surface area contributed by atoms with Crippen LogP contribution in [-0.2, 0) is 11.3 Å². The van der Waals surface area contributed by atoms with Gasteiger partial charge >= 0.3 is 0 Å². The molecule has 0 radical (unpaired) electrons. The van der Waals surface area contributed by atoms with Crippen molar-refractivity contribution in [3.05, 3.63) is 23.9 Å². The smallest absolute Gasteiger partial charge is 0.213 e. The summed E-state index contributed by atoms with van der Waals surface area (Å²) in [6.45, 7) is 6.46. The fourth-order valence-corrected chi connectivity index (χ4v) is 3.94. The van der Waals surface area contributed by atoms with Crippen molar-refractivity contribution >= 4 is 29.9 Å². The van der Waals surface area contributed by atoms with Crippen molar-refractivity contribution in [3.63, 3.8) is 0 Å². The van der Waals surface area contributed by atoms with Crippen molar-refractivity contribution in [3.8, 4) is 5.88 Å². The van der Waals surface area contributed by atoms with E-state index in [0.29, 0.717) is 12.6 Å². The Kier molecular flexibility index (Phi) is 11.1. The van der Waals surface area contributed by atoms with Crippen LogP contribution >= 0.6 is 24.0 Å². The van der Waals surface area contributed by atoms with Gasteiger partial charge in [-0.05, 0) is 69.4 Å². The normalized spacial score (nSPS) is 18.3. The number of rotatable bonds is 8. The molecule has 0 aromatic carbocycles. The van der Waals surface area contributed by atoms with Gasteiger partial charge in [0.1, 0.15) is 6.10 Å². The minimum absolute atomic E-state index is 0. The molecule has 0 amide bonds. The maximum absolute atomic E-state index is 6.03. The number of aliphatic imine (C=N–C) groups is 1. The average Bonchev–Trinajstić information content (AvgIpc) is 3.23. The van der Waals surface area contributed by atoms with E-state index in [2.05, 4.69) is 29.2 Å². The van der Waals surface area contributed by atoms with E-state index in [1.165, 1.54) is 32.1 Å². The molecule has 2 fully saturated rings. The number of nitrogens with one attached hydrogen (secondary N) is 1. The van der Waals surface area contributed by atoms with Crippen molar-refractivity contribution in [2.24, 2.45) is 10.9 Å². The van der Waals surface area contributed by atoms with Gasteiger partial charge in [-0.3, -0.25) is 0 Å². The molecule has 1 aliphatic heterocycles. The average molecular weight is 516 g/mol. The van der Waals surface area contributed by atoms with E-state index < -0.39 is 0 Å². The lowest BCUT2D eigenvalue weighted by atomic mass is 9.96. The summed E-state index contributed by atoms with van der Waals surface area (Å²) in [7, 11) is 2.13. The standard InChI is InChI=1S/C22H36N4O2.HI/c1-3-23-22(26(2)13-9-18-10-14-27-15-11-18)25-17-19-8-12-24-21(16-19)28-20-6-4-5-7-20;/h8,12,16,18,20H,3-7,9-11,13-15,17H2,1-2H3,(H,23,25);1H. The van der Waals surface area contributed by atoms with E-state index in [1.807, 2.05) is 18.3 Å². The maximum Gasteiger partial charge on any atom is 0.213 e. The highest BCUT2D eigenvalue weighted by Crippen LogP contribution is 2.23. The lowest BCUT2D eigenvalue weighted by molar-refractivity contribution is 0.0625. The van der Waals surface area contributed by atoms with Crippen LogP contribution in [0, 0.1) is 5.92 Å². The van der Waals surface area contributed by atoms with E-state index in [9.17, 15) is 0 Å². The molecule has 0 atom stereocenters. The van der Waals surface area contributed by atoms with E-state index in [-0.39, 0.29) is 24.0 Å². The molecule has 1 saturated heterocycles. The fourth-order valence-electron chi connectivity index (χ4n) is 3.94. The Hall–Kier alpha value is -1.09. The zero-order valence-electron chi connectivity index (χ0n) is 17.9. The van der Waals surface area contributed by atoms with Gasteiger partial charge in [-0.15, -0.1) is 24.0 Å². The summed E-state index contributed by atoms with van der Waals surface area (Å²) in [5.74, 6) is 2.47. The minimum Gasteiger partial charge on any atom is -0.474 e. The molecule has 29 heavy (non-hydrogen) atoms. The molecule has 7 heteroatoms. The Morgan fingerprint density at radius 2 is 2.03 bits per heavy atom. The van der Waals surface area contributed by atoms with Crippen molar-refractivity contribution in [1.82, 2.24) is 15.2 Å². The SMILES string of the molecule is CCNC(=NCc1ccnc(OC2CCCC2)c1)N(C)CCC1CCOCC1.I. The van der Waals surface area contributed by atoms with E-state index in [4.69, 9.17) is 14.5 Å². The highest BCUT2D eigenvalue weighted by Gasteiger charge is 2.17. The number of pyridine rings is 1. The second-order valence-corrected chi connectivity index (χ2v) is 7.96. The summed E-state index contributed by atoms with van der Waals surface area (Å²) in [6.07, 6.45) is 10.5. The highest BCUT2D eigenvalue weighted by atomic mass is 127. The summed E-state index contributed by atoms with van der Waals surface area (Å²) >= 11 is 0. The number of aromatic nitrogens is 1. The van der Waals surface area contributed by atoms with Crippen LogP contribution in [0.4, 0.5) is 0 Å². The quantitative estimate of drug-likeness (QED) is 0.318. The fraction of sp³-hybridized carbons (Fsp3) is 0.727. The van der Waals surface area contributed by atoms with Gasteiger partial charge in [0, 0.05) is 45.6 Å². The third-order valence-electron chi connectivity index (χ3n) is 5.71.